The van der Waals surface area contributed by atoms with Crippen molar-refractivity contribution in [2.24, 2.45) is 0 Å². The summed E-state index contributed by atoms with van der Waals surface area (Å²) in [5, 5.41) is 0. The number of rotatable bonds is 4. The quantitative estimate of drug-likeness (QED) is 0.743. The Morgan fingerprint density at radius 2 is 2.00 bits per heavy atom. The molecule has 0 spiro atoms. The van der Waals surface area contributed by atoms with Crippen LogP contribution < -0.4 is 0 Å². The molecule has 0 fully saturated rings. The van der Waals surface area contributed by atoms with Crippen molar-refractivity contribution in [2.45, 2.75) is 13.5 Å². The summed E-state index contributed by atoms with van der Waals surface area (Å²) < 4.78 is 5.41. The summed E-state index contributed by atoms with van der Waals surface area (Å²) >= 11 is 3.49. The Hall–Kier alpha value is -1.34. The Labute approximate surface area is 116 Å². The summed E-state index contributed by atoms with van der Waals surface area (Å²) in [7, 11) is 0. The fraction of sp³-hybridized carbons (Fsp3) is 0.200. The van der Waals surface area contributed by atoms with E-state index in [1.54, 1.807) is 28.7 Å². The maximum absolute atomic E-state index is 5.41. The minimum Gasteiger partial charge on any atom is -0.376 e. The third kappa shape index (κ3) is 3.33. The lowest BCUT2D eigenvalue weighted by Crippen LogP contribution is -1.87. The molecule has 0 amide bonds. The van der Waals surface area contributed by atoms with Gasteiger partial charge in [-0.25, -0.2) is 0 Å². The fourth-order valence-electron chi connectivity index (χ4n) is 1.45. The van der Waals surface area contributed by atoms with Crippen molar-refractivity contribution in [3.63, 3.8) is 0 Å². The maximum Gasteiger partial charge on any atom is 0.0809 e. The highest BCUT2D eigenvalue weighted by atomic mass is 32.1. The molecule has 1 nitrogen and oxygen atoms in total. The van der Waals surface area contributed by atoms with E-state index in [0.717, 1.165) is 11.5 Å². The lowest BCUT2D eigenvalue weighted by Gasteiger charge is -1.95. The summed E-state index contributed by atoms with van der Waals surface area (Å²) in [6.07, 6.45) is 1.62. The maximum atomic E-state index is 5.41. The molecule has 0 saturated heterocycles. The summed E-state index contributed by atoms with van der Waals surface area (Å²) in [5.74, 6) is 5.93. The summed E-state index contributed by atoms with van der Waals surface area (Å²) in [6.45, 7) is 7.07. The topological polar surface area (TPSA) is 9.23 Å². The standard InChI is InChI=1S/C15H14OS2/c1-3-5-6-12-7-9-14(17-12)15-10-8-13(18-15)11-16-4-2/h3,7-10H,1,4,11H2,2H3. The Bertz CT molecular complexity index is 581. The second kappa shape index (κ2) is 6.55. The molecule has 2 rings (SSSR count). The van der Waals surface area contributed by atoms with Crippen LogP contribution in [0, 0.1) is 11.8 Å². The van der Waals surface area contributed by atoms with Crippen LogP contribution in [0.3, 0.4) is 0 Å². The second-order valence-corrected chi connectivity index (χ2v) is 5.79. The molecule has 2 aromatic rings. The number of allylic oxidation sites excluding steroid dienone is 1. The number of ether oxygens (including phenoxy) is 1. The average Bonchev–Trinajstić information content (AvgIpc) is 3.02. The molecule has 92 valence electrons. The van der Waals surface area contributed by atoms with Crippen LogP contribution in [0.1, 0.15) is 16.7 Å². The minimum atomic E-state index is 0.704. The van der Waals surface area contributed by atoms with Gasteiger partial charge in [0, 0.05) is 21.2 Å². The first-order chi connectivity index (χ1) is 8.83. The largest absolute Gasteiger partial charge is 0.376 e. The van der Waals surface area contributed by atoms with Gasteiger partial charge >= 0.3 is 0 Å². The Morgan fingerprint density at radius 1 is 1.22 bits per heavy atom. The summed E-state index contributed by atoms with van der Waals surface area (Å²) in [4.78, 5) is 4.88. The highest BCUT2D eigenvalue weighted by molar-refractivity contribution is 7.22. The Morgan fingerprint density at radius 3 is 2.78 bits per heavy atom. The molecule has 0 unspecified atom stereocenters. The van der Waals surface area contributed by atoms with E-state index in [1.807, 2.05) is 6.92 Å². The molecule has 0 aliphatic rings. The van der Waals surface area contributed by atoms with E-state index < -0.39 is 0 Å². The van der Waals surface area contributed by atoms with Crippen LogP contribution in [0.5, 0.6) is 0 Å². The zero-order valence-corrected chi connectivity index (χ0v) is 11.9. The lowest BCUT2D eigenvalue weighted by molar-refractivity contribution is 0.136. The predicted molar refractivity (Wildman–Crippen MR) is 80.0 cm³/mol. The number of hydrogen-bond acceptors (Lipinski definition) is 3. The van der Waals surface area contributed by atoms with Crippen LogP contribution in [0.25, 0.3) is 9.75 Å². The van der Waals surface area contributed by atoms with E-state index in [-0.39, 0.29) is 0 Å². The van der Waals surface area contributed by atoms with Gasteiger partial charge in [-0.3, -0.25) is 0 Å². The van der Waals surface area contributed by atoms with Gasteiger partial charge in [0.2, 0.25) is 0 Å². The molecule has 0 bridgehead atoms. The lowest BCUT2D eigenvalue weighted by atomic mass is 10.3. The van der Waals surface area contributed by atoms with Crippen LogP contribution in [-0.4, -0.2) is 6.61 Å². The second-order valence-electron chi connectivity index (χ2n) is 3.54. The first kappa shape index (κ1) is 13.1. The molecule has 0 saturated carbocycles. The molecule has 3 heteroatoms. The molecule has 2 aromatic heterocycles. The van der Waals surface area contributed by atoms with Crippen molar-refractivity contribution >= 4 is 22.7 Å². The smallest absolute Gasteiger partial charge is 0.0809 e. The molecule has 0 aliphatic carbocycles. The average molecular weight is 274 g/mol. The summed E-state index contributed by atoms with van der Waals surface area (Å²) in [6, 6.07) is 8.45. The van der Waals surface area contributed by atoms with E-state index in [1.165, 1.54) is 14.6 Å². The van der Waals surface area contributed by atoms with Crippen molar-refractivity contribution in [3.8, 4) is 21.6 Å². The van der Waals surface area contributed by atoms with Crippen molar-refractivity contribution in [1.82, 2.24) is 0 Å². The van der Waals surface area contributed by atoms with E-state index in [0.29, 0.717) is 6.61 Å². The van der Waals surface area contributed by atoms with Gasteiger partial charge in [0.1, 0.15) is 0 Å². The predicted octanol–water partition coefficient (Wildman–Crippen LogP) is 4.55. The zero-order valence-electron chi connectivity index (χ0n) is 10.2. The third-order valence-electron chi connectivity index (χ3n) is 2.26. The van der Waals surface area contributed by atoms with Gasteiger partial charge in [-0.1, -0.05) is 18.4 Å². The molecule has 0 aliphatic heterocycles. The van der Waals surface area contributed by atoms with Gasteiger partial charge in [0.05, 0.1) is 11.5 Å². The normalized spacial score (nSPS) is 9.83. The van der Waals surface area contributed by atoms with E-state index >= 15 is 0 Å². The van der Waals surface area contributed by atoms with Gasteiger partial charge in [-0.2, -0.15) is 0 Å². The Balaban J connectivity index is 2.13. The van der Waals surface area contributed by atoms with Gasteiger partial charge in [-0.15, -0.1) is 22.7 Å². The van der Waals surface area contributed by atoms with Crippen LogP contribution in [0.4, 0.5) is 0 Å². The first-order valence-electron chi connectivity index (χ1n) is 5.72. The Kier molecular flexibility index (Phi) is 4.77. The molecule has 18 heavy (non-hydrogen) atoms. The number of thiophene rings is 2. The van der Waals surface area contributed by atoms with Crippen LogP contribution in [0.15, 0.2) is 36.9 Å². The van der Waals surface area contributed by atoms with Gasteiger partial charge in [-0.05, 0) is 37.3 Å². The van der Waals surface area contributed by atoms with Gasteiger partial charge in [0.15, 0.2) is 0 Å². The molecule has 0 aromatic carbocycles. The van der Waals surface area contributed by atoms with Crippen molar-refractivity contribution < 1.29 is 4.74 Å². The van der Waals surface area contributed by atoms with E-state index in [2.05, 4.69) is 42.7 Å². The summed E-state index contributed by atoms with van der Waals surface area (Å²) in [5.41, 5.74) is 0. The van der Waals surface area contributed by atoms with Crippen LogP contribution in [-0.2, 0) is 11.3 Å². The first-order valence-corrected chi connectivity index (χ1v) is 7.36. The molecule has 0 N–H and O–H groups in total. The van der Waals surface area contributed by atoms with E-state index in [9.17, 15) is 0 Å². The molecule has 0 radical (unpaired) electrons. The molecular formula is C15H14OS2. The fourth-order valence-corrected chi connectivity index (χ4v) is 3.35. The van der Waals surface area contributed by atoms with Gasteiger partial charge in [0.25, 0.3) is 0 Å². The van der Waals surface area contributed by atoms with Crippen molar-refractivity contribution in [1.29, 1.82) is 0 Å². The van der Waals surface area contributed by atoms with Crippen LogP contribution in [0.2, 0.25) is 0 Å². The van der Waals surface area contributed by atoms with Crippen molar-refractivity contribution in [3.05, 3.63) is 46.7 Å². The molecule has 2 heterocycles. The van der Waals surface area contributed by atoms with Gasteiger partial charge < -0.3 is 4.74 Å². The molecular weight excluding hydrogens is 260 g/mol. The minimum absolute atomic E-state index is 0.704. The number of hydrogen-bond donors (Lipinski definition) is 0. The highest BCUT2D eigenvalue weighted by Crippen LogP contribution is 2.33. The molecule has 0 atom stereocenters. The zero-order chi connectivity index (χ0) is 12.8. The van der Waals surface area contributed by atoms with Crippen LogP contribution >= 0.6 is 22.7 Å². The van der Waals surface area contributed by atoms with Crippen molar-refractivity contribution in [2.75, 3.05) is 6.61 Å². The highest BCUT2D eigenvalue weighted by Gasteiger charge is 2.05. The SMILES string of the molecule is C=CC#Cc1ccc(-c2ccc(COCC)s2)s1. The van der Waals surface area contributed by atoms with E-state index in [4.69, 9.17) is 4.74 Å². The third-order valence-corrected chi connectivity index (χ3v) is 4.51. The monoisotopic (exact) mass is 274 g/mol.